The Morgan fingerprint density at radius 3 is 2.16 bits per heavy atom. The molecule has 0 aliphatic heterocycles. The minimum atomic E-state index is -4.37. The Kier molecular flexibility index (Phi) is 11.4. The molecular weight excluding hydrogens is 660 g/mol. The van der Waals surface area contributed by atoms with Crippen LogP contribution in [0.15, 0.2) is 119 Å². The van der Waals surface area contributed by atoms with Crippen LogP contribution in [-0.2, 0) is 32.6 Å². The number of benzene rings is 4. The molecule has 1 N–H and O–H groups in total. The number of halogens is 1. The van der Waals surface area contributed by atoms with Crippen molar-refractivity contribution in [1.82, 2.24) is 10.2 Å². The summed E-state index contributed by atoms with van der Waals surface area (Å²) < 4.78 is 29.7. The zero-order valence-electron chi connectivity index (χ0n) is 24.6. The first-order valence-corrected chi connectivity index (χ1v) is 16.5. The molecule has 45 heavy (non-hydrogen) atoms. The lowest BCUT2D eigenvalue weighted by molar-refractivity contribution is -0.384. The molecule has 1 unspecified atom stereocenters. The van der Waals surface area contributed by atoms with E-state index in [0.29, 0.717) is 13.0 Å². The van der Waals surface area contributed by atoms with E-state index in [2.05, 4.69) is 21.2 Å². The van der Waals surface area contributed by atoms with E-state index in [1.54, 1.807) is 18.2 Å². The number of sulfonamides is 1. The first kappa shape index (κ1) is 33.3. The summed E-state index contributed by atoms with van der Waals surface area (Å²) in [4.78, 5) is 40.3. The molecule has 234 valence electrons. The number of amides is 2. The largest absolute Gasteiger partial charge is 0.354 e. The average Bonchev–Trinajstić information content (AvgIpc) is 3.05. The number of rotatable bonds is 14. The third-order valence-electron chi connectivity index (χ3n) is 7.03. The Bertz CT molecular complexity index is 1720. The second-order valence-electron chi connectivity index (χ2n) is 10.2. The molecule has 0 aliphatic rings. The number of hydrogen-bond acceptors (Lipinski definition) is 6. The first-order chi connectivity index (χ1) is 21.6. The van der Waals surface area contributed by atoms with Crippen LogP contribution in [-0.4, -0.2) is 49.2 Å². The number of non-ortho nitro benzene ring substituents is 1. The fourth-order valence-electron chi connectivity index (χ4n) is 4.72. The van der Waals surface area contributed by atoms with Gasteiger partial charge in [-0.1, -0.05) is 89.6 Å². The number of hydrogen-bond donors (Lipinski definition) is 1. The van der Waals surface area contributed by atoms with Gasteiger partial charge in [0.25, 0.3) is 15.7 Å². The van der Waals surface area contributed by atoms with Crippen molar-refractivity contribution in [2.45, 2.75) is 37.2 Å². The van der Waals surface area contributed by atoms with E-state index in [1.165, 1.54) is 35.2 Å². The Balaban J connectivity index is 1.81. The fourth-order valence-corrected chi connectivity index (χ4v) is 6.41. The number of nitrogens with zero attached hydrogens (tertiary/aromatic N) is 3. The summed E-state index contributed by atoms with van der Waals surface area (Å²) in [5.74, 6) is -1.03. The van der Waals surface area contributed by atoms with Crippen LogP contribution in [0.1, 0.15) is 24.5 Å². The van der Waals surface area contributed by atoms with Crippen molar-refractivity contribution >= 4 is 49.1 Å². The minimum absolute atomic E-state index is 0.0112. The number of carbonyl (C=O) groups excluding carboxylic acids is 2. The van der Waals surface area contributed by atoms with E-state index in [1.807, 2.05) is 61.5 Å². The monoisotopic (exact) mass is 692 g/mol. The van der Waals surface area contributed by atoms with Gasteiger partial charge in [-0.3, -0.25) is 24.0 Å². The third kappa shape index (κ3) is 8.77. The van der Waals surface area contributed by atoms with E-state index in [4.69, 9.17) is 0 Å². The fraction of sp³-hybridized carbons (Fsp3) is 0.212. The standard InChI is InChI=1S/C33H33BrN4O6S/c1-2-20-35-33(40)31(21-25-10-5-3-6-11-25)36(23-26-16-18-27(34)19-17-26)32(39)24-37(28-12-9-13-29(22-28)38(41)42)45(43,44)30-14-7-4-8-15-30/h3-19,22,31H,2,20-21,23-24H2,1H3,(H,35,40). The molecule has 0 aliphatic carbocycles. The van der Waals surface area contributed by atoms with E-state index in [0.717, 1.165) is 26.0 Å². The number of carbonyl (C=O) groups is 2. The van der Waals surface area contributed by atoms with Gasteiger partial charge in [-0.2, -0.15) is 0 Å². The van der Waals surface area contributed by atoms with E-state index < -0.39 is 33.4 Å². The van der Waals surface area contributed by atoms with E-state index >= 15 is 0 Å². The van der Waals surface area contributed by atoms with Crippen LogP contribution in [0.25, 0.3) is 0 Å². The highest BCUT2D eigenvalue weighted by molar-refractivity contribution is 9.10. The highest BCUT2D eigenvalue weighted by Gasteiger charge is 2.35. The summed E-state index contributed by atoms with van der Waals surface area (Å²) in [6, 6.07) is 28.2. The number of nitrogens with one attached hydrogen (secondary N) is 1. The van der Waals surface area contributed by atoms with Gasteiger partial charge in [-0.05, 0) is 47.9 Å². The van der Waals surface area contributed by atoms with Crippen molar-refractivity contribution in [3.05, 3.63) is 135 Å². The van der Waals surface area contributed by atoms with Crippen molar-refractivity contribution in [3.8, 4) is 0 Å². The van der Waals surface area contributed by atoms with Crippen molar-refractivity contribution in [2.24, 2.45) is 0 Å². The lowest BCUT2D eigenvalue weighted by Gasteiger charge is -2.34. The van der Waals surface area contributed by atoms with Gasteiger partial charge >= 0.3 is 0 Å². The Labute approximate surface area is 271 Å². The molecule has 10 nitrogen and oxygen atoms in total. The lowest BCUT2D eigenvalue weighted by Crippen LogP contribution is -2.53. The highest BCUT2D eigenvalue weighted by atomic mass is 79.9. The van der Waals surface area contributed by atoms with Crippen LogP contribution in [0.2, 0.25) is 0 Å². The number of anilines is 1. The van der Waals surface area contributed by atoms with Crippen LogP contribution < -0.4 is 9.62 Å². The molecule has 4 rings (SSSR count). The molecule has 0 radical (unpaired) electrons. The topological polar surface area (TPSA) is 130 Å². The number of nitro groups is 1. The SMILES string of the molecule is CCCNC(=O)C(Cc1ccccc1)N(Cc1ccc(Br)cc1)C(=O)CN(c1cccc([N+](=O)[O-])c1)S(=O)(=O)c1ccccc1. The van der Waals surface area contributed by atoms with Crippen molar-refractivity contribution in [3.63, 3.8) is 0 Å². The molecular formula is C33H33BrN4O6S. The van der Waals surface area contributed by atoms with Gasteiger partial charge in [-0.15, -0.1) is 0 Å². The Hall–Kier alpha value is -4.55. The molecule has 12 heteroatoms. The van der Waals surface area contributed by atoms with Gasteiger partial charge in [0.05, 0.1) is 15.5 Å². The summed E-state index contributed by atoms with van der Waals surface area (Å²) in [6.45, 7) is 1.62. The zero-order valence-corrected chi connectivity index (χ0v) is 27.0. The maximum Gasteiger partial charge on any atom is 0.271 e. The van der Waals surface area contributed by atoms with Gasteiger partial charge in [-0.25, -0.2) is 8.42 Å². The summed E-state index contributed by atoms with van der Waals surface area (Å²) in [5.41, 5.74) is 1.15. The average molecular weight is 694 g/mol. The minimum Gasteiger partial charge on any atom is -0.354 e. The van der Waals surface area contributed by atoms with Gasteiger partial charge in [0.1, 0.15) is 12.6 Å². The molecule has 2 amide bonds. The smallest absolute Gasteiger partial charge is 0.271 e. The summed E-state index contributed by atoms with van der Waals surface area (Å²) in [5, 5.41) is 14.5. The van der Waals surface area contributed by atoms with Crippen molar-refractivity contribution in [1.29, 1.82) is 0 Å². The third-order valence-corrected chi connectivity index (χ3v) is 9.34. The molecule has 0 saturated carbocycles. The highest BCUT2D eigenvalue weighted by Crippen LogP contribution is 2.28. The van der Waals surface area contributed by atoms with Gasteiger partial charge < -0.3 is 10.2 Å². The predicted octanol–water partition coefficient (Wildman–Crippen LogP) is 5.72. The van der Waals surface area contributed by atoms with Gasteiger partial charge in [0.15, 0.2) is 0 Å². The molecule has 4 aromatic rings. The Morgan fingerprint density at radius 2 is 1.53 bits per heavy atom. The van der Waals surface area contributed by atoms with E-state index in [-0.39, 0.29) is 35.1 Å². The maximum absolute atomic E-state index is 14.4. The quantitative estimate of drug-likeness (QED) is 0.133. The normalized spacial score (nSPS) is 11.8. The second-order valence-corrected chi connectivity index (χ2v) is 13.0. The van der Waals surface area contributed by atoms with Crippen LogP contribution in [0, 0.1) is 10.1 Å². The summed E-state index contributed by atoms with van der Waals surface area (Å²) in [6.07, 6.45) is 0.862. The Morgan fingerprint density at radius 1 is 0.889 bits per heavy atom. The molecule has 0 heterocycles. The molecule has 0 fully saturated rings. The molecule has 0 saturated heterocycles. The first-order valence-electron chi connectivity index (χ1n) is 14.3. The van der Waals surface area contributed by atoms with Crippen LogP contribution >= 0.6 is 15.9 Å². The lowest BCUT2D eigenvalue weighted by atomic mass is 10.0. The van der Waals surface area contributed by atoms with Crippen LogP contribution in [0.5, 0.6) is 0 Å². The van der Waals surface area contributed by atoms with Crippen LogP contribution in [0.3, 0.4) is 0 Å². The summed E-state index contributed by atoms with van der Waals surface area (Å²) in [7, 11) is -4.37. The van der Waals surface area contributed by atoms with Gasteiger partial charge in [0, 0.05) is 36.1 Å². The maximum atomic E-state index is 14.4. The molecule has 4 aromatic carbocycles. The summed E-state index contributed by atoms with van der Waals surface area (Å²) >= 11 is 3.42. The molecule has 1 atom stereocenters. The van der Waals surface area contributed by atoms with Crippen LogP contribution in [0.4, 0.5) is 11.4 Å². The van der Waals surface area contributed by atoms with Crippen molar-refractivity contribution < 1.29 is 22.9 Å². The number of nitro benzene ring substituents is 1. The van der Waals surface area contributed by atoms with Gasteiger partial charge in [0.2, 0.25) is 11.8 Å². The van der Waals surface area contributed by atoms with Crippen molar-refractivity contribution in [2.75, 3.05) is 17.4 Å². The second kappa shape index (κ2) is 15.4. The molecule has 0 aromatic heterocycles. The predicted molar refractivity (Wildman–Crippen MR) is 176 cm³/mol. The zero-order chi connectivity index (χ0) is 32.4. The molecule has 0 bridgehead atoms. The molecule has 0 spiro atoms. The van der Waals surface area contributed by atoms with E-state index in [9.17, 15) is 28.1 Å².